The first-order chi connectivity index (χ1) is 10.5. The highest BCUT2D eigenvalue weighted by atomic mass is 16.5. The predicted molar refractivity (Wildman–Crippen MR) is 83.0 cm³/mol. The van der Waals surface area contributed by atoms with Crippen molar-refractivity contribution in [3.05, 3.63) is 20.8 Å². The molecule has 1 aliphatic heterocycles. The molecular formula is C14H22N4O4. The third-order valence-electron chi connectivity index (χ3n) is 3.89. The number of H-pyrrole nitrogens is 1. The number of aromatic amines is 1. The average Bonchev–Trinajstić information content (AvgIpc) is 2.47. The number of nitrogens with one attached hydrogen (secondary N) is 1. The van der Waals surface area contributed by atoms with E-state index in [0.717, 1.165) is 12.8 Å². The van der Waals surface area contributed by atoms with Gasteiger partial charge in [-0.15, -0.1) is 0 Å². The molecule has 0 radical (unpaired) electrons. The number of carbonyl (C=O) groups excluding carboxylic acids is 1. The molecule has 1 fully saturated rings. The first-order valence-corrected chi connectivity index (χ1v) is 7.53. The minimum absolute atomic E-state index is 0.140. The summed E-state index contributed by atoms with van der Waals surface area (Å²) in [5.41, 5.74) is 5.21. The predicted octanol–water partition coefficient (Wildman–Crippen LogP) is -0.0818. The third-order valence-corrected chi connectivity index (χ3v) is 3.89. The molecule has 1 atom stereocenters. The molecule has 22 heavy (non-hydrogen) atoms. The van der Waals surface area contributed by atoms with Gasteiger partial charge in [0.15, 0.2) is 0 Å². The van der Waals surface area contributed by atoms with Crippen molar-refractivity contribution in [2.45, 2.75) is 33.2 Å². The Labute approximate surface area is 127 Å². The summed E-state index contributed by atoms with van der Waals surface area (Å²) < 4.78 is 6.36. The summed E-state index contributed by atoms with van der Waals surface area (Å²) in [6.07, 6.45) is 1.48. The van der Waals surface area contributed by atoms with Crippen molar-refractivity contribution in [2.24, 2.45) is 5.92 Å². The van der Waals surface area contributed by atoms with E-state index in [2.05, 4.69) is 4.98 Å². The highest BCUT2D eigenvalue weighted by Crippen LogP contribution is 2.24. The second-order valence-corrected chi connectivity index (χ2v) is 5.27. The van der Waals surface area contributed by atoms with E-state index in [1.165, 1.54) is 4.57 Å². The number of nitrogens with two attached hydrogens (primary N) is 1. The summed E-state index contributed by atoms with van der Waals surface area (Å²) >= 11 is 0. The largest absolute Gasteiger partial charge is 0.466 e. The number of nitrogen functional groups attached to an aromatic ring is 1. The van der Waals surface area contributed by atoms with Crippen LogP contribution in [0, 0.1) is 5.92 Å². The molecule has 0 unspecified atom stereocenters. The van der Waals surface area contributed by atoms with E-state index >= 15 is 0 Å². The topological polar surface area (TPSA) is 110 Å². The number of hydrogen-bond acceptors (Lipinski definition) is 6. The van der Waals surface area contributed by atoms with Crippen LogP contribution in [-0.4, -0.2) is 35.2 Å². The summed E-state index contributed by atoms with van der Waals surface area (Å²) in [6.45, 7) is 5.22. The lowest BCUT2D eigenvalue weighted by molar-refractivity contribution is -0.148. The molecule has 0 saturated carbocycles. The van der Waals surface area contributed by atoms with E-state index in [0.29, 0.717) is 26.2 Å². The third kappa shape index (κ3) is 3.00. The maximum absolute atomic E-state index is 12.1. The van der Waals surface area contributed by atoms with Crippen LogP contribution in [-0.2, 0) is 16.1 Å². The Morgan fingerprint density at radius 3 is 2.77 bits per heavy atom. The van der Waals surface area contributed by atoms with Gasteiger partial charge in [0.1, 0.15) is 11.5 Å². The number of esters is 1. The van der Waals surface area contributed by atoms with E-state index in [-0.39, 0.29) is 23.4 Å². The molecule has 122 valence electrons. The normalized spacial score (nSPS) is 18.3. The van der Waals surface area contributed by atoms with Gasteiger partial charge in [-0.25, -0.2) is 4.79 Å². The van der Waals surface area contributed by atoms with E-state index in [9.17, 15) is 14.4 Å². The molecule has 1 aromatic rings. The van der Waals surface area contributed by atoms with Gasteiger partial charge < -0.3 is 15.4 Å². The zero-order valence-electron chi connectivity index (χ0n) is 12.9. The molecule has 0 aliphatic carbocycles. The van der Waals surface area contributed by atoms with E-state index in [1.54, 1.807) is 18.7 Å². The molecule has 2 rings (SSSR count). The summed E-state index contributed by atoms with van der Waals surface area (Å²) in [6, 6.07) is 0. The fourth-order valence-corrected chi connectivity index (χ4v) is 2.83. The van der Waals surface area contributed by atoms with Gasteiger partial charge in [0.2, 0.25) is 0 Å². The van der Waals surface area contributed by atoms with Crippen molar-refractivity contribution in [3.8, 4) is 0 Å². The van der Waals surface area contributed by atoms with Gasteiger partial charge in [-0.2, -0.15) is 0 Å². The van der Waals surface area contributed by atoms with Crippen LogP contribution in [0.1, 0.15) is 26.7 Å². The number of piperidine rings is 1. The Morgan fingerprint density at radius 1 is 1.41 bits per heavy atom. The SMILES string of the molecule is CCOC(=O)[C@H]1CCCN(c2c(N)n(CC)c(=O)[nH]c2=O)C1. The van der Waals surface area contributed by atoms with Crippen LogP contribution in [0.2, 0.25) is 0 Å². The second kappa shape index (κ2) is 6.67. The van der Waals surface area contributed by atoms with Crippen LogP contribution in [0.5, 0.6) is 0 Å². The number of carbonyl (C=O) groups is 1. The highest BCUT2D eigenvalue weighted by Gasteiger charge is 2.29. The molecular weight excluding hydrogens is 288 g/mol. The van der Waals surface area contributed by atoms with Gasteiger partial charge in [0.05, 0.1) is 12.5 Å². The Hall–Kier alpha value is -2.25. The van der Waals surface area contributed by atoms with Gasteiger partial charge in [0.25, 0.3) is 5.56 Å². The lowest BCUT2D eigenvalue weighted by atomic mass is 9.98. The first-order valence-electron chi connectivity index (χ1n) is 7.53. The molecule has 8 heteroatoms. The maximum Gasteiger partial charge on any atom is 0.330 e. The van der Waals surface area contributed by atoms with Gasteiger partial charge in [-0.3, -0.25) is 19.1 Å². The minimum atomic E-state index is -0.521. The van der Waals surface area contributed by atoms with Gasteiger partial charge in [-0.05, 0) is 26.7 Å². The van der Waals surface area contributed by atoms with Crippen LogP contribution < -0.4 is 21.9 Å². The van der Waals surface area contributed by atoms with E-state index in [1.807, 2.05) is 0 Å². The molecule has 2 heterocycles. The van der Waals surface area contributed by atoms with Crippen molar-refractivity contribution in [1.82, 2.24) is 9.55 Å². The molecule has 3 N–H and O–H groups in total. The number of hydrogen-bond donors (Lipinski definition) is 2. The maximum atomic E-state index is 12.1. The summed E-state index contributed by atoms with van der Waals surface area (Å²) in [4.78, 5) is 39.8. The number of anilines is 2. The Bertz CT molecular complexity index is 664. The zero-order valence-corrected chi connectivity index (χ0v) is 12.9. The number of nitrogens with zero attached hydrogens (tertiary/aromatic N) is 2. The molecule has 0 bridgehead atoms. The van der Waals surface area contributed by atoms with E-state index < -0.39 is 11.2 Å². The minimum Gasteiger partial charge on any atom is -0.466 e. The number of aromatic nitrogens is 2. The van der Waals surface area contributed by atoms with Crippen molar-refractivity contribution in [2.75, 3.05) is 30.3 Å². The number of rotatable bonds is 4. The highest BCUT2D eigenvalue weighted by molar-refractivity contribution is 5.74. The van der Waals surface area contributed by atoms with Crippen molar-refractivity contribution in [1.29, 1.82) is 0 Å². The molecule has 8 nitrogen and oxygen atoms in total. The Morgan fingerprint density at radius 2 is 2.14 bits per heavy atom. The lowest BCUT2D eigenvalue weighted by Crippen LogP contribution is -2.44. The van der Waals surface area contributed by atoms with Crippen molar-refractivity contribution >= 4 is 17.5 Å². The monoisotopic (exact) mass is 310 g/mol. The van der Waals surface area contributed by atoms with Crippen LogP contribution >= 0.6 is 0 Å². The fourth-order valence-electron chi connectivity index (χ4n) is 2.83. The molecule has 1 aromatic heterocycles. The molecule has 0 spiro atoms. The molecule has 0 amide bonds. The van der Waals surface area contributed by atoms with Gasteiger partial charge in [0, 0.05) is 19.6 Å². The second-order valence-electron chi connectivity index (χ2n) is 5.27. The van der Waals surface area contributed by atoms with Crippen LogP contribution in [0.15, 0.2) is 9.59 Å². The van der Waals surface area contributed by atoms with Crippen molar-refractivity contribution in [3.63, 3.8) is 0 Å². The van der Waals surface area contributed by atoms with Crippen LogP contribution in [0.3, 0.4) is 0 Å². The fraction of sp³-hybridized carbons (Fsp3) is 0.643. The Kier molecular flexibility index (Phi) is 4.89. The summed E-state index contributed by atoms with van der Waals surface area (Å²) in [5.74, 6) is -0.402. The van der Waals surface area contributed by atoms with Crippen molar-refractivity contribution < 1.29 is 9.53 Å². The standard InChI is InChI=1S/C14H22N4O4/c1-3-18-11(15)10(12(19)16-14(18)21)17-7-5-6-9(8-17)13(20)22-4-2/h9H,3-8,15H2,1-2H3,(H,16,19,21)/t9-/m0/s1. The van der Waals surface area contributed by atoms with E-state index in [4.69, 9.17) is 10.5 Å². The quantitative estimate of drug-likeness (QED) is 0.753. The van der Waals surface area contributed by atoms with Gasteiger partial charge in [-0.1, -0.05) is 0 Å². The first kappa shape index (κ1) is 16.1. The van der Waals surface area contributed by atoms with Crippen LogP contribution in [0.4, 0.5) is 11.5 Å². The molecule has 0 aromatic carbocycles. The van der Waals surface area contributed by atoms with Crippen LogP contribution in [0.25, 0.3) is 0 Å². The molecule has 1 aliphatic rings. The number of ether oxygens (including phenoxy) is 1. The lowest BCUT2D eigenvalue weighted by Gasteiger charge is -2.33. The summed E-state index contributed by atoms with van der Waals surface area (Å²) in [7, 11) is 0. The smallest absolute Gasteiger partial charge is 0.330 e. The average molecular weight is 310 g/mol. The van der Waals surface area contributed by atoms with Gasteiger partial charge >= 0.3 is 11.7 Å². The summed E-state index contributed by atoms with van der Waals surface area (Å²) in [5, 5.41) is 0. The molecule has 1 saturated heterocycles. The zero-order chi connectivity index (χ0) is 16.3. The Balaban J connectivity index is 2.34.